The number of nitrogens with zero attached hydrogens (tertiary/aromatic N) is 3. The number of benzene rings is 2. The molecule has 136 valence electrons. The highest BCUT2D eigenvalue weighted by Crippen LogP contribution is 2.24. The maximum absolute atomic E-state index is 13.3. The Bertz CT molecular complexity index is 1080. The molecule has 0 unspecified atom stereocenters. The Morgan fingerprint density at radius 2 is 2.00 bits per heavy atom. The van der Waals surface area contributed by atoms with Gasteiger partial charge in [0.2, 0.25) is 5.95 Å². The van der Waals surface area contributed by atoms with Crippen LogP contribution in [0.15, 0.2) is 53.1 Å². The van der Waals surface area contributed by atoms with E-state index in [1.54, 1.807) is 12.3 Å². The van der Waals surface area contributed by atoms with Gasteiger partial charge in [-0.25, -0.2) is 14.4 Å². The highest BCUT2D eigenvalue weighted by atomic mass is 79.9. The highest BCUT2D eigenvalue weighted by molar-refractivity contribution is 9.10. The van der Waals surface area contributed by atoms with Crippen LogP contribution in [0.25, 0.3) is 11.0 Å². The first-order chi connectivity index (χ1) is 13.1. The fourth-order valence-electron chi connectivity index (χ4n) is 2.51. The summed E-state index contributed by atoms with van der Waals surface area (Å²) in [6.07, 6.45) is 1.63. The van der Waals surface area contributed by atoms with E-state index in [9.17, 15) is 4.39 Å². The number of halogens is 3. The van der Waals surface area contributed by atoms with E-state index < -0.39 is 5.82 Å². The third-order valence-electron chi connectivity index (χ3n) is 3.78. The average Bonchev–Trinajstić information content (AvgIpc) is 3.08. The predicted molar refractivity (Wildman–Crippen MR) is 108 cm³/mol. The lowest BCUT2D eigenvalue weighted by Gasteiger charge is -2.10. The van der Waals surface area contributed by atoms with Gasteiger partial charge in [-0.15, -0.1) is 0 Å². The van der Waals surface area contributed by atoms with Crippen molar-refractivity contribution in [2.45, 2.75) is 6.54 Å². The molecule has 0 radical (unpaired) electrons. The number of anilines is 3. The second-order valence-electron chi connectivity index (χ2n) is 5.70. The molecule has 4 aromatic rings. The molecule has 0 fully saturated rings. The standard InChI is InChI=1S/C18H13BrClFN6/c19-11-8-23-18(24-10-5-6-13(21)12(20)7-10)27-17(11)22-9-16-25-14-3-1-2-4-15(14)26-16/h1-8H,9H2,(H,25,26)(H2,22,23,24,27). The third kappa shape index (κ3) is 4.01. The van der Waals surface area contributed by atoms with Gasteiger partial charge in [-0.3, -0.25) is 0 Å². The number of hydrogen-bond donors (Lipinski definition) is 3. The number of aromatic amines is 1. The molecule has 0 bridgehead atoms. The summed E-state index contributed by atoms with van der Waals surface area (Å²) in [5.74, 6) is 1.27. The zero-order valence-corrected chi connectivity index (χ0v) is 16.1. The molecule has 0 saturated carbocycles. The molecule has 3 N–H and O–H groups in total. The Morgan fingerprint density at radius 3 is 2.81 bits per heavy atom. The maximum atomic E-state index is 13.3. The van der Waals surface area contributed by atoms with E-state index in [1.165, 1.54) is 12.1 Å². The van der Waals surface area contributed by atoms with Gasteiger partial charge in [0.15, 0.2) is 0 Å². The number of aromatic nitrogens is 4. The molecule has 4 rings (SSSR count). The van der Waals surface area contributed by atoms with Crippen LogP contribution < -0.4 is 10.6 Å². The van der Waals surface area contributed by atoms with Crippen LogP contribution in [-0.4, -0.2) is 19.9 Å². The summed E-state index contributed by atoms with van der Waals surface area (Å²) in [4.78, 5) is 16.4. The second-order valence-corrected chi connectivity index (χ2v) is 6.96. The molecule has 9 heteroatoms. The number of fused-ring (bicyclic) bond motifs is 1. The monoisotopic (exact) mass is 446 g/mol. The summed E-state index contributed by atoms with van der Waals surface area (Å²) in [6.45, 7) is 0.464. The maximum Gasteiger partial charge on any atom is 0.229 e. The van der Waals surface area contributed by atoms with E-state index in [0.29, 0.717) is 28.5 Å². The van der Waals surface area contributed by atoms with E-state index in [0.717, 1.165) is 16.9 Å². The zero-order valence-electron chi connectivity index (χ0n) is 13.8. The van der Waals surface area contributed by atoms with E-state index in [4.69, 9.17) is 11.6 Å². The first kappa shape index (κ1) is 17.7. The number of imidazole rings is 1. The average molecular weight is 448 g/mol. The SMILES string of the molecule is Fc1ccc(Nc2ncc(Br)c(NCc3nc4ccccc4[nH]3)n2)cc1Cl. The molecule has 0 aliphatic carbocycles. The van der Waals surface area contributed by atoms with Crippen molar-refractivity contribution in [2.24, 2.45) is 0 Å². The van der Waals surface area contributed by atoms with Gasteiger partial charge in [-0.1, -0.05) is 23.7 Å². The molecule has 0 saturated heterocycles. The van der Waals surface area contributed by atoms with Crippen molar-refractivity contribution in [3.63, 3.8) is 0 Å². The number of nitrogens with one attached hydrogen (secondary N) is 3. The lowest BCUT2D eigenvalue weighted by Crippen LogP contribution is -2.06. The number of rotatable bonds is 5. The first-order valence-corrected chi connectivity index (χ1v) is 9.18. The second kappa shape index (κ2) is 7.50. The van der Waals surface area contributed by atoms with Crippen LogP contribution in [0.3, 0.4) is 0 Å². The van der Waals surface area contributed by atoms with Crippen LogP contribution in [-0.2, 0) is 6.54 Å². The van der Waals surface area contributed by atoms with Gasteiger partial charge in [0, 0.05) is 11.9 Å². The summed E-state index contributed by atoms with van der Waals surface area (Å²) in [5, 5.41) is 6.25. The van der Waals surface area contributed by atoms with Crippen molar-refractivity contribution in [1.29, 1.82) is 0 Å². The fourth-order valence-corrected chi connectivity index (χ4v) is 3.02. The molecule has 27 heavy (non-hydrogen) atoms. The van der Waals surface area contributed by atoms with Crippen molar-refractivity contribution in [3.05, 3.63) is 69.8 Å². The van der Waals surface area contributed by atoms with Crippen LogP contribution in [0.1, 0.15) is 5.82 Å². The van der Waals surface area contributed by atoms with E-state index in [1.807, 2.05) is 24.3 Å². The van der Waals surface area contributed by atoms with Gasteiger partial charge in [-0.05, 0) is 46.3 Å². The summed E-state index contributed by atoms with van der Waals surface area (Å²) in [7, 11) is 0. The normalized spacial score (nSPS) is 10.9. The van der Waals surface area contributed by atoms with Crippen LogP contribution in [0.5, 0.6) is 0 Å². The number of H-pyrrole nitrogens is 1. The quantitative estimate of drug-likeness (QED) is 0.389. The smallest absolute Gasteiger partial charge is 0.229 e. The van der Waals surface area contributed by atoms with Crippen molar-refractivity contribution in [3.8, 4) is 0 Å². The predicted octanol–water partition coefficient (Wildman–Crippen LogP) is 5.26. The summed E-state index contributed by atoms with van der Waals surface area (Å²) in [5.41, 5.74) is 2.48. The lowest BCUT2D eigenvalue weighted by atomic mass is 10.3. The van der Waals surface area contributed by atoms with Crippen LogP contribution in [0, 0.1) is 5.82 Å². The minimum absolute atomic E-state index is 0.0281. The van der Waals surface area contributed by atoms with Gasteiger partial charge in [0.25, 0.3) is 0 Å². The van der Waals surface area contributed by atoms with E-state index in [2.05, 4.69) is 46.5 Å². The molecule has 0 aliphatic heterocycles. The summed E-state index contributed by atoms with van der Waals surface area (Å²) >= 11 is 9.23. The Kier molecular flexibility index (Phi) is 4.91. The topological polar surface area (TPSA) is 78.5 Å². The minimum Gasteiger partial charge on any atom is -0.362 e. The molecule has 0 atom stereocenters. The zero-order chi connectivity index (χ0) is 18.8. The molecule has 0 spiro atoms. The van der Waals surface area contributed by atoms with E-state index in [-0.39, 0.29) is 5.02 Å². The van der Waals surface area contributed by atoms with Gasteiger partial charge in [-0.2, -0.15) is 4.98 Å². The van der Waals surface area contributed by atoms with Gasteiger partial charge < -0.3 is 15.6 Å². The van der Waals surface area contributed by atoms with Crippen molar-refractivity contribution >= 4 is 56.0 Å². The van der Waals surface area contributed by atoms with Crippen molar-refractivity contribution in [1.82, 2.24) is 19.9 Å². The van der Waals surface area contributed by atoms with Crippen molar-refractivity contribution < 1.29 is 4.39 Å². The van der Waals surface area contributed by atoms with Crippen LogP contribution in [0.2, 0.25) is 5.02 Å². The Hall–Kier alpha value is -2.71. The number of hydrogen-bond acceptors (Lipinski definition) is 5. The molecule has 2 aromatic heterocycles. The first-order valence-electron chi connectivity index (χ1n) is 8.00. The molecule has 0 amide bonds. The van der Waals surface area contributed by atoms with Crippen LogP contribution in [0.4, 0.5) is 21.8 Å². The van der Waals surface area contributed by atoms with Gasteiger partial charge in [0.1, 0.15) is 17.5 Å². The Balaban J connectivity index is 1.50. The molecular formula is C18H13BrClFN6. The Morgan fingerprint density at radius 1 is 1.15 bits per heavy atom. The van der Waals surface area contributed by atoms with Gasteiger partial charge >= 0.3 is 0 Å². The number of para-hydroxylation sites is 2. The van der Waals surface area contributed by atoms with Crippen molar-refractivity contribution in [2.75, 3.05) is 10.6 Å². The Labute approximate surface area is 167 Å². The van der Waals surface area contributed by atoms with E-state index >= 15 is 0 Å². The van der Waals surface area contributed by atoms with Gasteiger partial charge in [0.05, 0.1) is 27.1 Å². The summed E-state index contributed by atoms with van der Waals surface area (Å²) < 4.78 is 14.0. The summed E-state index contributed by atoms with van der Waals surface area (Å²) in [6, 6.07) is 12.1. The highest BCUT2D eigenvalue weighted by Gasteiger charge is 2.08. The molecule has 2 aromatic carbocycles. The largest absolute Gasteiger partial charge is 0.362 e. The lowest BCUT2D eigenvalue weighted by molar-refractivity contribution is 0.628. The van der Waals surface area contributed by atoms with Crippen LogP contribution >= 0.6 is 27.5 Å². The molecule has 6 nitrogen and oxygen atoms in total. The minimum atomic E-state index is -0.480. The third-order valence-corrected chi connectivity index (χ3v) is 4.65. The molecule has 2 heterocycles. The molecular weight excluding hydrogens is 435 g/mol. The molecule has 0 aliphatic rings. The fraction of sp³-hybridized carbons (Fsp3) is 0.0556.